The smallest absolute Gasteiger partial charge is 0.232 e. The summed E-state index contributed by atoms with van der Waals surface area (Å²) in [6.07, 6.45) is 3.84. The molecule has 2 aromatic rings. The van der Waals surface area contributed by atoms with Crippen LogP contribution < -0.4 is 10.5 Å². The number of guanidine groups is 1. The van der Waals surface area contributed by atoms with Gasteiger partial charge in [0.05, 0.1) is 44.0 Å². The van der Waals surface area contributed by atoms with Gasteiger partial charge in [0, 0.05) is 18.5 Å². The quantitative estimate of drug-likeness (QED) is 0.724. The summed E-state index contributed by atoms with van der Waals surface area (Å²) >= 11 is 0. The molecule has 3 heterocycles. The van der Waals surface area contributed by atoms with Crippen LogP contribution in [0.3, 0.4) is 0 Å². The van der Waals surface area contributed by atoms with Crippen molar-refractivity contribution in [1.29, 1.82) is 0 Å². The molecule has 0 radical (unpaired) electrons. The largest absolute Gasteiger partial charge is 0.476 e. The second-order valence-electron chi connectivity index (χ2n) is 7.22. The molecule has 1 fully saturated rings. The fraction of sp³-hybridized carbons (Fsp3) is 0.350. The van der Waals surface area contributed by atoms with E-state index >= 15 is 0 Å². The predicted octanol–water partition coefficient (Wildman–Crippen LogP) is 2.07. The number of aromatic nitrogens is 2. The Hall–Kier alpha value is -2.92. The summed E-state index contributed by atoms with van der Waals surface area (Å²) < 4.78 is 53.1. The fourth-order valence-corrected chi connectivity index (χ4v) is 4.02. The summed E-state index contributed by atoms with van der Waals surface area (Å²) in [5, 5.41) is 0. The minimum absolute atomic E-state index is 0.0212. The minimum Gasteiger partial charge on any atom is -0.476 e. The van der Waals surface area contributed by atoms with E-state index in [-0.39, 0.29) is 23.0 Å². The van der Waals surface area contributed by atoms with Crippen molar-refractivity contribution in [2.45, 2.75) is 6.04 Å². The lowest BCUT2D eigenvalue weighted by molar-refractivity contribution is -0.0514. The van der Waals surface area contributed by atoms with Crippen LogP contribution >= 0.6 is 0 Å². The van der Waals surface area contributed by atoms with Crippen LogP contribution in [0.15, 0.2) is 35.6 Å². The SMILES string of the molecule is CN1C(N)=NC(c2cc(/C=C(\F)c3cnc(OCC4COC4)cn3)ccc2F)CS1=O. The molecular formula is C20H21F2N5O3S. The molecule has 1 aromatic heterocycles. The molecule has 2 N–H and O–H groups in total. The van der Waals surface area contributed by atoms with Crippen LogP contribution in [0.25, 0.3) is 11.9 Å². The molecule has 2 unspecified atom stereocenters. The molecule has 11 heteroatoms. The Morgan fingerprint density at radius 1 is 1.39 bits per heavy atom. The number of nitrogens with two attached hydrogens (primary N) is 1. The van der Waals surface area contributed by atoms with Gasteiger partial charge in [-0.05, 0) is 23.8 Å². The monoisotopic (exact) mass is 449 g/mol. The standard InChI is InChI=1S/C20H21F2N5O3S/c1-27-20(23)26-18(11-31(27)28)14-4-12(2-3-15(14)21)5-16(22)17-6-25-19(7-24-17)30-10-13-8-29-9-13/h2-7,13,18H,8-11H2,1H3,(H2,23,26)/b16-5-. The summed E-state index contributed by atoms with van der Waals surface area (Å²) in [6.45, 7) is 1.79. The van der Waals surface area contributed by atoms with Crippen LogP contribution in [0.5, 0.6) is 5.88 Å². The Kier molecular flexibility index (Phi) is 6.23. The van der Waals surface area contributed by atoms with Gasteiger partial charge in [0.1, 0.15) is 22.5 Å². The molecule has 0 spiro atoms. The van der Waals surface area contributed by atoms with Crippen molar-refractivity contribution in [3.63, 3.8) is 0 Å². The number of halogens is 2. The highest BCUT2D eigenvalue weighted by atomic mass is 32.2. The van der Waals surface area contributed by atoms with E-state index < -0.39 is 28.7 Å². The summed E-state index contributed by atoms with van der Waals surface area (Å²) in [6, 6.07) is 3.40. The number of hydrogen-bond acceptors (Lipinski definition) is 7. The van der Waals surface area contributed by atoms with Crippen LogP contribution in [0, 0.1) is 11.7 Å². The fourth-order valence-electron chi connectivity index (χ4n) is 3.01. The molecule has 2 aliphatic rings. The maximum absolute atomic E-state index is 14.7. The Balaban J connectivity index is 1.50. The van der Waals surface area contributed by atoms with E-state index in [0.717, 1.165) is 0 Å². The van der Waals surface area contributed by atoms with Gasteiger partial charge in [0.15, 0.2) is 5.83 Å². The number of aliphatic imine (C=N–C) groups is 1. The van der Waals surface area contributed by atoms with Gasteiger partial charge < -0.3 is 15.2 Å². The Labute approximate surface area is 180 Å². The average molecular weight is 449 g/mol. The van der Waals surface area contributed by atoms with Crippen molar-refractivity contribution in [3.8, 4) is 5.88 Å². The first-order chi connectivity index (χ1) is 14.9. The molecule has 1 aromatic carbocycles. The van der Waals surface area contributed by atoms with Crippen molar-refractivity contribution < 1.29 is 22.5 Å². The molecule has 4 rings (SSSR count). The summed E-state index contributed by atoms with van der Waals surface area (Å²) in [7, 11) is 0.130. The summed E-state index contributed by atoms with van der Waals surface area (Å²) in [5.74, 6) is -0.379. The van der Waals surface area contributed by atoms with Crippen LogP contribution in [-0.4, -0.2) is 57.1 Å². The number of ether oxygens (including phenoxy) is 2. The number of benzene rings is 1. The number of rotatable bonds is 6. The molecule has 2 aliphatic heterocycles. The second-order valence-corrected chi connectivity index (χ2v) is 8.74. The first-order valence-corrected chi connectivity index (χ1v) is 10.8. The zero-order valence-electron chi connectivity index (χ0n) is 16.7. The van der Waals surface area contributed by atoms with Crippen LogP contribution in [0.4, 0.5) is 8.78 Å². The normalized spacial score (nSPS) is 22.1. The van der Waals surface area contributed by atoms with Gasteiger partial charge in [0.25, 0.3) is 0 Å². The predicted molar refractivity (Wildman–Crippen MR) is 112 cm³/mol. The van der Waals surface area contributed by atoms with E-state index in [2.05, 4.69) is 15.0 Å². The van der Waals surface area contributed by atoms with Gasteiger partial charge in [-0.25, -0.2) is 28.0 Å². The van der Waals surface area contributed by atoms with Gasteiger partial charge in [-0.3, -0.25) is 4.31 Å². The summed E-state index contributed by atoms with van der Waals surface area (Å²) in [4.78, 5) is 12.3. The van der Waals surface area contributed by atoms with Gasteiger partial charge in [0.2, 0.25) is 11.8 Å². The van der Waals surface area contributed by atoms with Crippen molar-refractivity contribution in [2.75, 3.05) is 32.6 Å². The molecule has 31 heavy (non-hydrogen) atoms. The molecule has 0 aliphatic carbocycles. The third kappa shape index (κ3) is 4.88. The van der Waals surface area contributed by atoms with Gasteiger partial charge >= 0.3 is 0 Å². The average Bonchev–Trinajstić information content (AvgIpc) is 2.72. The zero-order chi connectivity index (χ0) is 22.0. The van der Waals surface area contributed by atoms with Crippen molar-refractivity contribution in [2.24, 2.45) is 16.6 Å². The van der Waals surface area contributed by atoms with Gasteiger partial charge in [-0.15, -0.1) is 0 Å². The Morgan fingerprint density at radius 3 is 2.84 bits per heavy atom. The minimum atomic E-state index is -1.42. The molecule has 2 atom stereocenters. The lowest BCUT2D eigenvalue weighted by atomic mass is 10.0. The van der Waals surface area contributed by atoms with Crippen LogP contribution in [-0.2, 0) is 15.7 Å². The summed E-state index contributed by atoms with van der Waals surface area (Å²) in [5.41, 5.74) is 6.38. The molecule has 164 valence electrons. The number of nitrogens with zero attached hydrogens (tertiary/aromatic N) is 4. The molecule has 8 nitrogen and oxygen atoms in total. The van der Waals surface area contributed by atoms with Gasteiger partial charge in [-0.2, -0.15) is 0 Å². The second kappa shape index (κ2) is 9.06. The van der Waals surface area contributed by atoms with Crippen molar-refractivity contribution in [3.05, 3.63) is 53.2 Å². The maximum Gasteiger partial charge on any atom is 0.232 e. The topological polar surface area (TPSA) is 103 Å². The zero-order valence-corrected chi connectivity index (χ0v) is 17.5. The van der Waals surface area contributed by atoms with Crippen LogP contribution in [0.2, 0.25) is 0 Å². The third-order valence-electron chi connectivity index (χ3n) is 4.94. The van der Waals surface area contributed by atoms with Crippen LogP contribution in [0.1, 0.15) is 22.9 Å². The number of hydrogen-bond donors (Lipinski definition) is 1. The highest BCUT2D eigenvalue weighted by Gasteiger charge is 2.27. The van der Waals surface area contributed by atoms with E-state index in [1.165, 1.54) is 41.0 Å². The van der Waals surface area contributed by atoms with Gasteiger partial charge in [-0.1, -0.05) is 6.07 Å². The molecular weight excluding hydrogens is 428 g/mol. The Morgan fingerprint density at radius 2 is 2.19 bits per heavy atom. The van der Waals surface area contributed by atoms with E-state index in [4.69, 9.17) is 15.2 Å². The highest BCUT2D eigenvalue weighted by molar-refractivity contribution is 7.83. The Bertz CT molecular complexity index is 1040. The van der Waals surface area contributed by atoms with Crippen molar-refractivity contribution >= 4 is 28.8 Å². The van der Waals surface area contributed by atoms with E-state index in [0.29, 0.717) is 37.2 Å². The third-order valence-corrected chi connectivity index (χ3v) is 6.33. The lowest BCUT2D eigenvalue weighted by Crippen LogP contribution is -2.41. The van der Waals surface area contributed by atoms with E-state index in [9.17, 15) is 13.0 Å². The van der Waals surface area contributed by atoms with E-state index in [1.807, 2.05) is 0 Å². The maximum atomic E-state index is 14.7. The molecule has 0 amide bonds. The lowest BCUT2D eigenvalue weighted by Gasteiger charge is -2.26. The van der Waals surface area contributed by atoms with E-state index in [1.54, 1.807) is 7.05 Å². The first-order valence-electron chi connectivity index (χ1n) is 9.56. The highest BCUT2D eigenvalue weighted by Crippen LogP contribution is 2.28. The molecule has 0 saturated carbocycles. The first kappa shape index (κ1) is 21.3. The molecule has 0 bridgehead atoms. The molecule has 1 saturated heterocycles. The van der Waals surface area contributed by atoms with Crippen molar-refractivity contribution in [1.82, 2.24) is 14.3 Å².